The Morgan fingerprint density at radius 2 is 0.920 bits per heavy atom. The molecule has 0 bridgehead atoms. The molecule has 10 aromatic rings. The van der Waals surface area contributed by atoms with Crippen molar-refractivity contribution in [3.05, 3.63) is 182 Å². The first-order chi connectivity index (χ1) is 24.8. The van der Waals surface area contributed by atoms with Gasteiger partial charge in [0.2, 0.25) is 0 Å². The van der Waals surface area contributed by atoms with Crippen LogP contribution in [-0.4, -0.2) is 4.98 Å². The zero-order valence-corrected chi connectivity index (χ0v) is 27.1. The highest BCUT2D eigenvalue weighted by molar-refractivity contribution is 6.16. The standard InChI is InChI=1S/C47H30N2O/c1-2-10-31(11-3-1)32-18-23-36(24-19-32)49(47-48-45-29-28-42-38-14-6-4-12-33(38)22-27-43(42)46(45)50-47)37-25-20-34(21-26-37)44-30-35-13-5-7-15-39(35)40-16-8-9-17-41(40)44/h1-30H. The quantitative estimate of drug-likeness (QED) is 0.176. The number of fused-ring (bicyclic) bond motifs is 8. The highest BCUT2D eigenvalue weighted by atomic mass is 16.4. The fourth-order valence-electron chi connectivity index (χ4n) is 7.44. The van der Waals surface area contributed by atoms with Crippen LogP contribution in [0.4, 0.5) is 17.4 Å². The first kappa shape index (κ1) is 28.3. The zero-order valence-electron chi connectivity index (χ0n) is 27.1. The summed E-state index contributed by atoms with van der Waals surface area (Å²) < 4.78 is 6.75. The lowest BCUT2D eigenvalue weighted by Gasteiger charge is -2.22. The molecule has 0 aliphatic heterocycles. The minimum Gasteiger partial charge on any atom is -0.422 e. The van der Waals surface area contributed by atoms with E-state index in [0.717, 1.165) is 44.4 Å². The van der Waals surface area contributed by atoms with E-state index in [1.807, 2.05) is 6.07 Å². The predicted molar refractivity (Wildman–Crippen MR) is 210 cm³/mol. The maximum atomic E-state index is 6.75. The first-order valence-corrected chi connectivity index (χ1v) is 17.0. The molecule has 0 fully saturated rings. The van der Waals surface area contributed by atoms with E-state index in [0.29, 0.717) is 6.01 Å². The molecule has 0 aliphatic carbocycles. The van der Waals surface area contributed by atoms with Crippen molar-refractivity contribution in [3.63, 3.8) is 0 Å². The summed E-state index contributed by atoms with van der Waals surface area (Å²) in [6, 6.07) is 65.0. The molecule has 0 N–H and O–H groups in total. The van der Waals surface area contributed by atoms with Crippen LogP contribution in [0.15, 0.2) is 186 Å². The summed E-state index contributed by atoms with van der Waals surface area (Å²) in [5, 5.41) is 9.62. The molecule has 1 aromatic heterocycles. The van der Waals surface area contributed by atoms with E-state index in [1.54, 1.807) is 0 Å². The Kier molecular flexibility index (Phi) is 6.49. The molecular weight excluding hydrogens is 609 g/mol. The van der Waals surface area contributed by atoms with E-state index < -0.39 is 0 Å². The van der Waals surface area contributed by atoms with Gasteiger partial charge in [0.15, 0.2) is 5.58 Å². The summed E-state index contributed by atoms with van der Waals surface area (Å²) in [7, 11) is 0. The van der Waals surface area contributed by atoms with E-state index in [4.69, 9.17) is 9.40 Å². The molecule has 234 valence electrons. The van der Waals surface area contributed by atoms with Crippen LogP contribution < -0.4 is 4.90 Å². The second-order valence-electron chi connectivity index (χ2n) is 12.8. The molecule has 3 heteroatoms. The molecule has 0 aliphatic rings. The van der Waals surface area contributed by atoms with Gasteiger partial charge in [-0.2, -0.15) is 4.98 Å². The molecule has 0 radical (unpaired) electrons. The normalized spacial score (nSPS) is 11.6. The summed E-state index contributed by atoms with van der Waals surface area (Å²) in [5.41, 5.74) is 8.25. The predicted octanol–water partition coefficient (Wildman–Crippen LogP) is 13.2. The van der Waals surface area contributed by atoms with Gasteiger partial charge in [-0.1, -0.05) is 140 Å². The van der Waals surface area contributed by atoms with E-state index in [-0.39, 0.29) is 0 Å². The van der Waals surface area contributed by atoms with Gasteiger partial charge in [-0.3, -0.25) is 4.90 Å². The Morgan fingerprint density at radius 1 is 0.380 bits per heavy atom. The fourth-order valence-corrected chi connectivity index (χ4v) is 7.44. The van der Waals surface area contributed by atoms with Gasteiger partial charge in [0.1, 0.15) is 5.52 Å². The Balaban J connectivity index is 1.13. The molecule has 0 saturated carbocycles. The Morgan fingerprint density at radius 3 is 1.66 bits per heavy atom. The van der Waals surface area contributed by atoms with Gasteiger partial charge in [0.05, 0.1) is 11.4 Å². The Hall–Kier alpha value is -6.71. The van der Waals surface area contributed by atoms with Crippen LogP contribution in [0.25, 0.3) is 76.4 Å². The topological polar surface area (TPSA) is 29.3 Å². The number of oxazole rings is 1. The lowest BCUT2D eigenvalue weighted by atomic mass is 9.93. The van der Waals surface area contributed by atoms with Crippen molar-refractivity contribution in [1.29, 1.82) is 0 Å². The zero-order chi connectivity index (χ0) is 33.0. The summed E-state index contributed by atoms with van der Waals surface area (Å²) in [4.78, 5) is 7.21. The molecule has 1 heterocycles. The lowest BCUT2D eigenvalue weighted by molar-refractivity contribution is 0.611. The molecule has 3 nitrogen and oxygen atoms in total. The van der Waals surface area contributed by atoms with Crippen molar-refractivity contribution in [3.8, 4) is 22.3 Å². The van der Waals surface area contributed by atoms with Gasteiger partial charge in [0.25, 0.3) is 0 Å². The van der Waals surface area contributed by atoms with Gasteiger partial charge in [-0.05, 0) is 102 Å². The highest BCUT2D eigenvalue weighted by Gasteiger charge is 2.21. The SMILES string of the molecule is c1ccc(-c2ccc(N(c3ccc(-c4cc5ccccc5c5ccccc45)cc3)c3nc4ccc5c6ccccc6ccc5c4o3)cc2)cc1. The van der Waals surface area contributed by atoms with Crippen LogP contribution in [0.3, 0.4) is 0 Å². The van der Waals surface area contributed by atoms with Crippen molar-refractivity contribution in [2.45, 2.75) is 0 Å². The molecule has 50 heavy (non-hydrogen) atoms. The van der Waals surface area contributed by atoms with E-state index >= 15 is 0 Å². The maximum Gasteiger partial charge on any atom is 0.307 e. The van der Waals surface area contributed by atoms with Crippen LogP contribution in [0.5, 0.6) is 0 Å². The summed E-state index contributed by atoms with van der Waals surface area (Å²) >= 11 is 0. The second-order valence-corrected chi connectivity index (χ2v) is 12.8. The molecular formula is C47H30N2O. The summed E-state index contributed by atoms with van der Waals surface area (Å²) in [6.07, 6.45) is 0. The molecule has 0 unspecified atom stereocenters. The average Bonchev–Trinajstić information content (AvgIpc) is 3.63. The van der Waals surface area contributed by atoms with Gasteiger partial charge in [0, 0.05) is 5.39 Å². The first-order valence-electron chi connectivity index (χ1n) is 17.0. The van der Waals surface area contributed by atoms with Crippen LogP contribution >= 0.6 is 0 Å². The van der Waals surface area contributed by atoms with Crippen molar-refractivity contribution in [1.82, 2.24) is 4.98 Å². The highest BCUT2D eigenvalue weighted by Crippen LogP contribution is 2.41. The van der Waals surface area contributed by atoms with Gasteiger partial charge < -0.3 is 4.42 Å². The number of benzene rings is 9. The largest absolute Gasteiger partial charge is 0.422 e. The van der Waals surface area contributed by atoms with Crippen LogP contribution in [-0.2, 0) is 0 Å². The Labute approximate surface area is 289 Å². The number of hydrogen-bond donors (Lipinski definition) is 0. The van der Waals surface area contributed by atoms with Crippen LogP contribution in [0.1, 0.15) is 0 Å². The molecule has 9 aromatic carbocycles. The van der Waals surface area contributed by atoms with Crippen molar-refractivity contribution >= 4 is 71.6 Å². The number of nitrogens with zero attached hydrogens (tertiary/aromatic N) is 2. The van der Waals surface area contributed by atoms with Crippen molar-refractivity contribution in [2.24, 2.45) is 0 Å². The smallest absolute Gasteiger partial charge is 0.307 e. The van der Waals surface area contributed by atoms with E-state index in [2.05, 4.69) is 181 Å². The van der Waals surface area contributed by atoms with Crippen molar-refractivity contribution < 1.29 is 4.42 Å². The minimum atomic E-state index is 0.525. The number of aromatic nitrogens is 1. The van der Waals surface area contributed by atoms with Gasteiger partial charge in [-0.15, -0.1) is 0 Å². The Bertz CT molecular complexity index is 2850. The van der Waals surface area contributed by atoms with E-state index in [1.165, 1.54) is 43.4 Å². The lowest BCUT2D eigenvalue weighted by Crippen LogP contribution is -2.10. The average molecular weight is 639 g/mol. The van der Waals surface area contributed by atoms with Crippen molar-refractivity contribution in [2.75, 3.05) is 4.90 Å². The fraction of sp³-hybridized carbons (Fsp3) is 0. The van der Waals surface area contributed by atoms with Gasteiger partial charge >= 0.3 is 6.01 Å². The van der Waals surface area contributed by atoms with Gasteiger partial charge in [-0.25, -0.2) is 0 Å². The second kappa shape index (κ2) is 11.5. The maximum absolute atomic E-state index is 6.75. The molecule has 0 amide bonds. The number of hydrogen-bond acceptors (Lipinski definition) is 3. The summed E-state index contributed by atoms with van der Waals surface area (Å²) in [5.74, 6) is 0. The monoisotopic (exact) mass is 638 g/mol. The number of rotatable bonds is 5. The molecule has 0 atom stereocenters. The third kappa shape index (κ3) is 4.63. The molecule has 10 rings (SSSR count). The molecule has 0 spiro atoms. The van der Waals surface area contributed by atoms with Crippen LogP contribution in [0.2, 0.25) is 0 Å². The summed E-state index contributed by atoms with van der Waals surface area (Å²) in [6.45, 7) is 0. The minimum absolute atomic E-state index is 0.525. The number of anilines is 3. The van der Waals surface area contributed by atoms with E-state index in [9.17, 15) is 0 Å². The third-order valence-electron chi connectivity index (χ3n) is 9.89. The third-order valence-corrected chi connectivity index (χ3v) is 9.89. The van der Waals surface area contributed by atoms with Crippen LogP contribution in [0, 0.1) is 0 Å². The molecule has 0 saturated heterocycles.